The SMILES string of the molecule is COCCCN1C(=O)C[C@@](CC(=O)N(C)[C@@H](C)c2nccs2)(c2ccccc2OC)C1=O. The molecule has 8 nitrogen and oxygen atoms in total. The molecule has 2 atom stereocenters. The second kappa shape index (κ2) is 10.2. The Morgan fingerprint density at radius 1 is 1.31 bits per heavy atom. The van der Waals surface area contributed by atoms with Crippen molar-refractivity contribution in [2.75, 3.05) is 34.4 Å². The standard InChI is InChI=1S/C23H29N3O5S/c1-16(21-24-10-13-32-21)25(2)19(27)14-23(17-8-5-6-9-18(17)31-4)15-20(28)26(22(23)29)11-7-12-30-3/h5-6,8-10,13,16H,7,11-12,14-15H2,1-4H3/t16-,23-/m0/s1. The number of nitrogens with zero attached hydrogens (tertiary/aromatic N) is 3. The van der Waals surface area contributed by atoms with Crippen LogP contribution in [0.1, 0.15) is 42.8 Å². The average Bonchev–Trinajstić information content (AvgIpc) is 3.41. The Morgan fingerprint density at radius 2 is 2.06 bits per heavy atom. The van der Waals surface area contributed by atoms with Crippen LogP contribution in [0.5, 0.6) is 5.75 Å². The minimum Gasteiger partial charge on any atom is -0.496 e. The normalized spacial score (nSPS) is 19.3. The number of aromatic nitrogens is 1. The molecule has 0 unspecified atom stereocenters. The summed E-state index contributed by atoms with van der Waals surface area (Å²) in [6.07, 6.45) is 2.02. The fourth-order valence-electron chi connectivity index (χ4n) is 4.08. The highest BCUT2D eigenvalue weighted by molar-refractivity contribution is 7.09. The molecule has 2 aromatic rings. The number of carbonyl (C=O) groups is 3. The highest BCUT2D eigenvalue weighted by Crippen LogP contribution is 2.44. The summed E-state index contributed by atoms with van der Waals surface area (Å²) >= 11 is 1.47. The number of likely N-dealkylation sites (tertiary alicyclic amines) is 1. The highest BCUT2D eigenvalue weighted by atomic mass is 32.1. The second-order valence-electron chi connectivity index (χ2n) is 7.88. The molecular formula is C23H29N3O5S. The molecule has 3 amide bonds. The van der Waals surface area contributed by atoms with Crippen LogP contribution in [-0.4, -0.2) is 66.9 Å². The van der Waals surface area contributed by atoms with Crippen LogP contribution >= 0.6 is 11.3 Å². The Balaban J connectivity index is 1.96. The van der Waals surface area contributed by atoms with E-state index in [4.69, 9.17) is 9.47 Å². The Morgan fingerprint density at radius 3 is 2.72 bits per heavy atom. The molecule has 1 aromatic carbocycles. The fourth-order valence-corrected chi connectivity index (χ4v) is 4.82. The first-order valence-electron chi connectivity index (χ1n) is 10.5. The summed E-state index contributed by atoms with van der Waals surface area (Å²) < 4.78 is 10.6. The molecule has 0 aliphatic carbocycles. The van der Waals surface area contributed by atoms with Crippen molar-refractivity contribution in [3.05, 3.63) is 46.4 Å². The first-order chi connectivity index (χ1) is 15.4. The third-order valence-corrected chi connectivity index (χ3v) is 6.94. The van der Waals surface area contributed by atoms with Crippen molar-refractivity contribution in [2.24, 2.45) is 0 Å². The van der Waals surface area contributed by atoms with Gasteiger partial charge in [-0.15, -0.1) is 11.3 Å². The molecule has 172 valence electrons. The van der Waals surface area contributed by atoms with Crippen LogP contribution in [0, 0.1) is 0 Å². The van der Waals surface area contributed by atoms with Crippen molar-refractivity contribution >= 4 is 29.1 Å². The summed E-state index contributed by atoms with van der Waals surface area (Å²) in [5.41, 5.74) is -0.760. The lowest BCUT2D eigenvalue weighted by Crippen LogP contribution is -2.43. The number of imide groups is 1. The van der Waals surface area contributed by atoms with Crippen molar-refractivity contribution in [1.82, 2.24) is 14.8 Å². The van der Waals surface area contributed by atoms with E-state index in [2.05, 4.69) is 4.98 Å². The minimum absolute atomic E-state index is 0.0790. The molecule has 1 aromatic heterocycles. The van der Waals surface area contributed by atoms with Crippen molar-refractivity contribution in [2.45, 2.75) is 37.6 Å². The smallest absolute Gasteiger partial charge is 0.241 e. The summed E-state index contributed by atoms with van der Waals surface area (Å²) in [6.45, 7) is 2.58. The number of ether oxygens (including phenoxy) is 2. The lowest BCUT2D eigenvalue weighted by Gasteiger charge is -2.31. The van der Waals surface area contributed by atoms with Crippen LogP contribution in [0.15, 0.2) is 35.8 Å². The number of hydrogen-bond acceptors (Lipinski definition) is 7. The Labute approximate surface area is 192 Å². The van der Waals surface area contributed by atoms with Crippen LogP contribution in [0.4, 0.5) is 0 Å². The molecular weight excluding hydrogens is 430 g/mol. The molecule has 0 bridgehead atoms. The molecule has 32 heavy (non-hydrogen) atoms. The van der Waals surface area contributed by atoms with Crippen molar-refractivity contribution in [1.29, 1.82) is 0 Å². The van der Waals surface area contributed by atoms with Gasteiger partial charge in [-0.05, 0) is 19.4 Å². The minimum atomic E-state index is -1.31. The number of benzene rings is 1. The van der Waals surface area contributed by atoms with E-state index >= 15 is 0 Å². The molecule has 2 heterocycles. The Hall–Kier alpha value is -2.78. The number of para-hydroxylation sites is 1. The molecule has 0 spiro atoms. The van der Waals surface area contributed by atoms with E-state index in [9.17, 15) is 14.4 Å². The van der Waals surface area contributed by atoms with Gasteiger partial charge in [0.05, 0.1) is 18.6 Å². The summed E-state index contributed by atoms with van der Waals surface area (Å²) in [5, 5.41) is 2.67. The first kappa shape index (κ1) is 23.9. The van der Waals surface area contributed by atoms with Gasteiger partial charge in [0.1, 0.15) is 10.8 Å². The average molecular weight is 460 g/mol. The fraction of sp³-hybridized carbons (Fsp3) is 0.478. The number of hydrogen-bond donors (Lipinski definition) is 0. The molecule has 1 fully saturated rings. The summed E-state index contributed by atoms with van der Waals surface area (Å²) in [4.78, 5) is 47.1. The second-order valence-corrected chi connectivity index (χ2v) is 8.81. The summed E-state index contributed by atoms with van der Waals surface area (Å²) in [5.74, 6) is -0.415. The number of rotatable bonds is 10. The van der Waals surface area contributed by atoms with Gasteiger partial charge in [-0.3, -0.25) is 19.3 Å². The van der Waals surface area contributed by atoms with E-state index in [1.165, 1.54) is 23.3 Å². The Bertz CT molecular complexity index is 964. The quantitative estimate of drug-likeness (QED) is 0.401. The zero-order chi connectivity index (χ0) is 23.3. The van der Waals surface area contributed by atoms with Crippen LogP contribution < -0.4 is 4.74 Å². The predicted octanol–water partition coefficient (Wildman–Crippen LogP) is 2.79. The topological polar surface area (TPSA) is 89.0 Å². The van der Waals surface area contributed by atoms with Gasteiger partial charge in [-0.2, -0.15) is 0 Å². The van der Waals surface area contributed by atoms with Crippen molar-refractivity contribution < 1.29 is 23.9 Å². The molecule has 0 N–H and O–H groups in total. The molecule has 1 aliphatic heterocycles. The van der Waals surface area contributed by atoms with Crippen LogP contribution in [0.3, 0.4) is 0 Å². The van der Waals surface area contributed by atoms with E-state index in [1.54, 1.807) is 49.5 Å². The number of thiazole rings is 1. The van der Waals surface area contributed by atoms with Gasteiger partial charge in [0.2, 0.25) is 17.7 Å². The van der Waals surface area contributed by atoms with Crippen LogP contribution in [0.2, 0.25) is 0 Å². The van der Waals surface area contributed by atoms with Gasteiger partial charge in [-0.25, -0.2) is 4.98 Å². The van der Waals surface area contributed by atoms with Gasteiger partial charge in [0.25, 0.3) is 0 Å². The van der Waals surface area contributed by atoms with Crippen molar-refractivity contribution in [3.63, 3.8) is 0 Å². The molecule has 3 rings (SSSR count). The monoisotopic (exact) mass is 459 g/mol. The lowest BCUT2D eigenvalue weighted by atomic mass is 9.75. The van der Waals surface area contributed by atoms with E-state index in [1.807, 2.05) is 12.3 Å². The predicted molar refractivity (Wildman–Crippen MR) is 120 cm³/mol. The molecule has 0 saturated carbocycles. The number of amides is 3. The molecule has 1 aliphatic rings. The maximum absolute atomic E-state index is 13.7. The van der Waals surface area contributed by atoms with Gasteiger partial charge < -0.3 is 14.4 Å². The van der Waals surface area contributed by atoms with Gasteiger partial charge >= 0.3 is 0 Å². The third-order valence-electron chi connectivity index (χ3n) is 6.00. The summed E-state index contributed by atoms with van der Waals surface area (Å²) in [6, 6.07) is 6.85. The molecule has 0 radical (unpaired) electrons. The molecule has 9 heteroatoms. The first-order valence-corrected chi connectivity index (χ1v) is 11.4. The zero-order valence-corrected chi connectivity index (χ0v) is 19.7. The van der Waals surface area contributed by atoms with E-state index < -0.39 is 5.41 Å². The maximum Gasteiger partial charge on any atom is 0.241 e. The summed E-state index contributed by atoms with van der Waals surface area (Å²) in [7, 11) is 4.79. The number of methoxy groups -OCH3 is 2. The lowest BCUT2D eigenvalue weighted by molar-refractivity contribution is -0.143. The maximum atomic E-state index is 13.7. The Kier molecular flexibility index (Phi) is 7.63. The van der Waals surface area contributed by atoms with Gasteiger partial charge in [0.15, 0.2) is 0 Å². The zero-order valence-electron chi connectivity index (χ0n) is 18.9. The number of carbonyl (C=O) groups excluding carboxylic acids is 3. The van der Waals surface area contributed by atoms with Gasteiger partial charge in [-0.1, -0.05) is 18.2 Å². The van der Waals surface area contributed by atoms with Gasteiger partial charge in [0, 0.05) is 57.3 Å². The van der Waals surface area contributed by atoms with Crippen molar-refractivity contribution in [3.8, 4) is 5.75 Å². The van der Waals surface area contributed by atoms with Crippen LogP contribution in [0.25, 0.3) is 0 Å². The van der Waals surface area contributed by atoms with E-state index in [0.29, 0.717) is 24.3 Å². The van der Waals surface area contributed by atoms with E-state index in [0.717, 1.165) is 5.01 Å². The molecule has 1 saturated heterocycles. The third kappa shape index (κ3) is 4.54. The van der Waals surface area contributed by atoms with E-state index in [-0.39, 0.29) is 43.1 Å². The highest BCUT2D eigenvalue weighted by Gasteiger charge is 2.55. The largest absolute Gasteiger partial charge is 0.496 e. The van der Waals surface area contributed by atoms with Crippen LogP contribution in [-0.2, 0) is 24.5 Å².